The van der Waals surface area contributed by atoms with Crippen LogP contribution in [0.2, 0.25) is 0 Å². The van der Waals surface area contributed by atoms with E-state index in [1.165, 1.54) is 11.3 Å². The van der Waals surface area contributed by atoms with Crippen molar-refractivity contribution in [2.45, 2.75) is 12.8 Å². The zero-order chi connectivity index (χ0) is 12.3. The lowest BCUT2D eigenvalue weighted by Crippen LogP contribution is -1.99. The Morgan fingerprint density at radius 1 is 1.29 bits per heavy atom. The highest BCUT2D eigenvalue weighted by atomic mass is 32.1. The molecule has 1 atom stereocenters. The van der Waals surface area contributed by atoms with Crippen LogP contribution in [0.4, 0.5) is 0 Å². The Morgan fingerprint density at radius 3 is 2.53 bits per heavy atom. The lowest BCUT2D eigenvalue weighted by atomic mass is 10.00. The molecule has 0 bridgehead atoms. The highest BCUT2D eigenvalue weighted by Gasteiger charge is 2.10. The number of ketones is 1. The number of hydrogen-bond acceptors (Lipinski definition) is 3. The first kappa shape index (κ1) is 11.6. The molecule has 1 aromatic carbocycles. The molecule has 0 saturated carbocycles. The summed E-state index contributed by atoms with van der Waals surface area (Å²) in [4.78, 5) is 12.7. The minimum Gasteiger partial charge on any atom is -0.288 e. The van der Waals surface area contributed by atoms with Gasteiger partial charge in [-0.3, -0.25) is 4.79 Å². The van der Waals surface area contributed by atoms with Crippen molar-refractivity contribution >= 4 is 17.1 Å². The Bertz CT molecular complexity index is 549. The molecule has 0 radical (unpaired) electrons. The fraction of sp³-hybridized carbons (Fsp3) is 0.143. The normalized spacial score (nSPS) is 11.8. The number of thiophene rings is 1. The number of carbonyl (C=O) groups is 1. The van der Waals surface area contributed by atoms with Crippen LogP contribution in [-0.4, -0.2) is 5.78 Å². The number of nitrogens with zero attached hydrogens (tertiary/aromatic N) is 1. The Labute approximate surface area is 104 Å². The minimum atomic E-state index is -0.138. The van der Waals surface area contributed by atoms with Crippen LogP contribution in [0.25, 0.3) is 0 Å². The molecule has 0 N–H and O–H groups in total. The Kier molecular flexibility index (Phi) is 3.36. The zero-order valence-corrected chi connectivity index (χ0v) is 10.2. The predicted molar refractivity (Wildman–Crippen MR) is 68.2 cm³/mol. The third kappa shape index (κ3) is 2.43. The molecular formula is C14H11NOS. The highest BCUT2D eigenvalue weighted by molar-refractivity contribution is 7.12. The molecular weight excluding hydrogens is 230 g/mol. The molecule has 0 aliphatic heterocycles. The number of rotatable bonds is 3. The SMILES string of the molecule is C[C@H](C#N)c1ccc(C(=O)c2cccs2)cc1. The van der Waals surface area contributed by atoms with E-state index in [2.05, 4.69) is 6.07 Å². The molecule has 0 aliphatic rings. The zero-order valence-electron chi connectivity index (χ0n) is 9.38. The van der Waals surface area contributed by atoms with Gasteiger partial charge in [0.05, 0.1) is 16.9 Å². The first-order valence-corrected chi connectivity index (χ1v) is 6.18. The summed E-state index contributed by atoms with van der Waals surface area (Å²) in [5, 5.41) is 10.7. The van der Waals surface area contributed by atoms with Crippen molar-refractivity contribution in [2.75, 3.05) is 0 Å². The molecule has 0 aliphatic carbocycles. The van der Waals surface area contributed by atoms with Crippen molar-refractivity contribution in [3.63, 3.8) is 0 Å². The second kappa shape index (κ2) is 4.94. The molecule has 0 fully saturated rings. The fourth-order valence-electron chi connectivity index (χ4n) is 1.55. The third-order valence-electron chi connectivity index (χ3n) is 2.61. The highest BCUT2D eigenvalue weighted by Crippen LogP contribution is 2.18. The minimum absolute atomic E-state index is 0.0381. The quantitative estimate of drug-likeness (QED) is 0.770. The first-order chi connectivity index (χ1) is 8.22. The lowest BCUT2D eigenvalue weighted by Gasteiger charge is -2.03. The largest absolute Gasteiger partial charge is 0.288 e. The van der Waals surface area contributed by atoms with Crippen LogP contribution in [0, 0.1) is 11.3 Å². The van der Waals surface area contributed by atoms with Crippen molar-refractivity contribution in [2.24, 2.45) is 0 Å². The van der Waals surface area contributed by atoms with E-state index >= 15 is 0 Å². The summed E-state index contributed by atoms with van der Waals surface area (Å²) in [6.45, 7) is 1.84. The molecule has 0 saturated heterocycles. The van der Waals surface area contributed by atoms with Crippen molar-refractivity contribution in [1.29, 1.82) is 5.26 Å². The predicted octanol–water partition coefficient (Wildman–Crippen LogP) is 3.61. The van der Waals surface area contributed by atoms with E-state index in [9.17, 15) is 4.79 Å². The van der Waals surface area contributed by atoms with E-state index in [0.717, 1.165) is 10.4 Å². The van der Waals surface area contributed by atoms with Gasteiger partial charge in [-0.15, -0.1) is 11.3 Å². The van der Waals surface area contributed by atoms with Crippen molar-refractivity contribution in [3.8, 4) is 6.07 Å². The van der Waals surface area contributed by atoms with Crippen LogP contribution in [0.15, 0.2) is 41.8 Å². The monoisotopic (exact) mass is 241 g/mol. The van der Waals surface area contributed by atoms with Gasteiger partial charge < -0.3 is 0 Å². The topological polar surface area (TPSA) is 40.9 Å². The Hall–Kier alpha value is -1.92. The molecule has 1 heterocycles. The smallest absolute Gasteiger partial charge is 0.202 e. The van der Waals surface area contributed by atoms with Crippen molar-refractivity contribution in [3.05, 3.63) is 57.8 Å². The van der Waals surface area contributed by atoms with Crippen LogP contribution in [0.1, 0.15) is 33.6 Å². The van der Waals surface area contributed by atoms with Gasteiger partial charge in [0.1, 0.15) is 0 Å². The molecule has 2 aromatic rings. The number of carbonyl (C=O) groups excluding carboxylic acids is 1. The van der Waals surface area contributed by atoms with Gasteiger partial charge in [0.15, 0.2) is 0 Å². The molecule has 17 heavy (non-hydrogen) atoms. The average molecular weight is 241 g/mol. The maximum absolute atomic E-state index is 12.0. The lowest BCUT2D eigenvalue weighted by molar-refractivity contribution is 0.104. The van der Waals surface area contributed by atoms with Gasteiger partial charge >= 0.3 is 0 Å². The second-order valence-corrected chi connectivity index (χ2v) is 4.73. The summed E-state index contributed by atoms with van der Waals surface area (Å²) in [6.07, 6.45) is 0. The van der Waals surface area contributed by atoms with Crippen molar-refractivity contribution < 1.29 is 4.79 Å². The summed E-state index contributed by atoms with van der Waals surface area (Å²) in [6, 6.07) is 13.1. The molecule has 3 heteroatoms. The maximum Gasteiger partial charge on any atom is 0.202 e. The van der Waals surface area contributed by atoms with Gasteiger partial charge in [0.2, 0.25) is 5.78 Å². The van der Waals surface area contributed by atoms with E-state index in [4.69, 9.17) is 5.26 Å². The molecule has 2 nitrogen and oxygen atoms in total. The third-order valence-corrected chi connectivity index (χ3v) is 3.48. The van der Waals surface area contributed by atoms with Gasteiger partial charge in [-0.1, -0.05) is 30.3 Å². The molecule has 2 rings (SSSR count). The molecule has 84 valence electrons. The Morgan fingerprint density at radius 2 is 2.00 bits per heavy atom. The number of hydrogen-bond donors (Lipinski definition) is 0. The summed E-state index contributed by atoms with van der Waals surface area (Å²) in [5.41, 5.74) is 1.61. The van der Waals surface area contributed by atoms with Crippen LogP contribution >= 0.6 is 11.3 Å². The standard InChI is InChI=1S/C14H11NOS/c1-10(9-15)11-4-6-12(7-5-11)14(16)13-3-2-8-17-13/h2-8,10H,1H3/t10-/m1/s1. The average Bonchev–Trinajstić information content (AvgIpc) is 2.91. The van der Waals surface area contributed by atoms with Gasteiger partial charge in [-0.05, 0) is 23.9 Å². The van der Waals surface area contributed by atoms with Crippen LogP contribution in [0.3, 0.4) is 0 Å². The van der Waals surface area contributed by atoms with E-state index in [1.54, 1.807) is 12.1 Å². The van der Waals surface area contributed by atoms with Crippen molar-refractivity contribution in [1.82, 2.24) is 0 Å². The van der Waals surface area contributed by atoms with Gasteiger partial charge in [-0.25, -0.2) is 0 Å². The fourth-order valence-corrected chi connectivity index (χ4v) is 2.23. The van der Waals surface area contributed by atoms with Crippen LogP contribution in [-0.2, 0) is 0 Å². The summed E-state index contributed by atoms with van der Waals surface area (Å²) in [5.74, 6) is -0.1000. The maximum atomic E-state index is 12.0. The second-order valence-electron chi connectivity index (χ2n) is 3.78. The molecule has 1 aromatic heterocycles. The Balaban J connectivity index is 2.25. The first-order valence-electron chi connectivity index (χ1n) is 5.30. The van der Waals surface area contributed by atoms with E-state index < -0.39 is 0 Å². The van der Waals surface area contributed by atoms with E-state index in [-0.39, 0.29) is 11.7 Å². The van der Waals surface area contributed by atoms with Crippen LogP contribution < -0.4 is 0 Å². The molecule has 0 spiro atoms. The van der Waals surface area contributed by atoms with Crippen LogP contribution in [0.5, 0.6) is 0 Å². The number of nitriles is 1. The van der Waals surface area contributed by atoms with Gasteiger partial charge in [0.25, 0.3) is 0 Å². The molecule has 0 unspecified atom stereocenters. The summed E-state index contributed by atoms with van der Waals surface area (Å²) >= 11 is 1.44. The van der Waals surface area contributed by atoms with Gasteiger partial charge in [-0.2, -0.15) is 5.26 Å². The summed E-state index contributed by atoms with van der Waals surface area (Å²) < 4.78 is 0. The van der Waals surface area contributed by atoms with Gasteiger partial charge in [0, 0.05) is 5.56 Å². The number of benzene rings is 1. The van der Waals surface area contributed by atoms with E-state index in [0.29, 0.717) is 5.56 Å². The van der Waals surface area contributed by atoms with E-state index in [1.807, 2.05) is 36.6 Å². The molecule has 0 amide bonds. The summed E-state index contributed by atoms with van der Waals surface area (Å²) in [7, 11) is 0.